The van der Waals surface area contributed by atoms with Crippen LogP contribution in [0.3, 0.4) is 0 Å². The summed E-state index contributed by atoms with van der Waals surface area (Å²) in [5, 5.41) is 13.7. The van der Waals surface area contributed by atoms with Crippen LogP contribution in [0.1, 0.15) is 50.9 Å². The molecule has 0 bridgehead atoms. The quantitative estimate of drug-likeness (QED) is 0.745. The van der Waals surface area contributed by atoms with Gasteiger partial charge in [0, 0.05) is 19.1 Å². The highest BCUT2D eigenvalue weighted by atomic mass is 79.9. The number of nitrogens with zero attached hydrogens (tertiary/aromatic N) is 4. The van der Waals surface area contributed by atoms with Crippen molar-refractivity contribution in [2.75, 3.05) is 6.54 Å². The third-order valence-corrected chi connectivity index (χ3v) is 5.08. The molecule has 1 aliphatic rings. The van der Waals surface area contributed by atoms with E-state index < -0.39 is 0 Å². The first-order valence-corrected chi connectivity index (χ1v) is 8.35. The molecular formula is C15H23BrN4. The van der Waals surface area contributed by atoms with E-state index in [9.17, 15) is 0 Å². The van der Waals surface area contributed by atoms with Crippen LogP contribution in [0.2, 0.25) is 0 Å². The molecule has 0 saturated heterocycles. The van der Waals surface area contributed by atoms with Gasteiger partial charge in [0.1, 0.15) is 0 Å². The van der Waals surface area contributed by atoms with Crippen LogP contribution in [-0.2, 0) is 19.5 Å². The Labute approximate surface area is 129 Å². The van der Waals surface area contributed by atoms with Gasteiger partial charge in [0.15, 0.2) is 0 Å². The topological polar surface area (TPSA) is 44.9 Å². The zero-order valence-electron chi connectivity index (χ0n) is 12.4. The highest BCUT2D eigenvalue weighted by Crippen LogP contribution is 2.28. The molecule has 110 valence electrons. The number of rotatable bonds is 6. The summed E-state index contributed by atoms with van der Waals surface area (Å²) in [6.45, 7) is 6.44. The highest BCUT2D eigenvalue weighted by molar-refractivity contribution is 9.10. The first-order valence-electron chi connectivity index (χ1n) is 7.56. The summed E-state index contributed by atoms with van der Waals surface area (Å²) in [7, 11) is 0. The molecular weight excluding hydrogens is 316 g/mol. The number of hydrogen-bond acceptors (Lipinski definition) is 3. The SMILES string of the molecule is CCc1nn(CC)c(CN(CC#N)C2CCCC2)c1Br. The minimum Gasteiger partial charge on any atom is -0.282 e. The predicted octanol–water partition coefficient (Wildman–Crippen LogP) is 3.50. The van der Waals surface area contributed by atoms with E-state index in [1.165, 1.54) is 31.4 Å². The molecule has 0 unspecified atom stereocenters. The van der Waals surface area contributed by atoms with E-state index in [0.29, 0.717) is 12.6 Å². The smallest absolute Gasteiger partial charge is 0.0871 e. The van der Waals surface area contributed by atoms with Gasteiger partial charge in [-0.2, -0.15) is 10.4 Å². The first kappa shape index (κ1) is 15.5. The summed E-state index contributed by atoms with van der Waals surface area (Å²) in [6, 6.07) is 2.89. The Hall–Kier alpha value is -0.860. The maximum atomic E-state index is 9.10. The Bertz CT molecular complexity index is 483. The molecule has 0 aromatic carbocycles. The van der Waals surface area contributed by atoms with Gasteiger partial charge in [0.05, 0.1) is 28.5 Å². The third kappa shape index (κ3) is 3.24. The summed E-state index contributed by atoms with van der Waals surface area (Å²) in [4.78, 5) is 2.32. The molecule has 0 atom stereocenters. The van der Waals surface area contributed by atoms with Gasteiger partial charge >= 0.3 is 0 Å². The molecule has 4 nitrogen and oxygen atoms in total. The molecule has 1 fully saturated rings. The van der Waals surface area contributed by atoms with Crippen molar-refractivity contribution >= 4 is 15.9 Å². The van der Waals surface area contributed by atoms with Crippen molar-refractivity contribution in [3.8, 4) is 6.07 Å². The third-order valence-electron chi connectivity index (χ3n) is 4.16. The van der Waals surface area contributed by atoms with Crippen molar-refractivity contribution in [2.45, 2.75) is 65.1 Å². The van der Waals surface area contributed by atoms with Crippen molar-refractivity contribution in [2.24, 2.45) is 0 Å². The molecule has 5 heteroatoms. The average Bonchev–Trinajstić information content (AvgIpc) is 3.07. The molecule has 1 aromatic heterocycles. The lowest BCUT2D eigenvalue weighted by Crippen LogP contribution is -2.34. The first-order chi connectivity index (χ1) is 9.71. The molecule has 0 spiro atoms. The Kier molecular flexibility index (Phi) is 5.62. The minimum atomic E-state index is 0.507. The number of aromatic nitrogens is 2. The van der Waals surface area contributed by atoms with Crippen LogP contribution >= 0.6 is 15.9 Å². The van der Waals surface area contributed by atoms with E-state index in [4.69, 9.17) is 5.26 Å². The van der Waals surface area contributed by atoms with Crippen molar-refractivity contribution in [3.05, 3.63) is 15.9 Å². The highest BCUT2D eigenvalue weighted by Gasteiger charge is 2.25. The standard InChI is InChI=1S/C15H23BrN4/c1-3-13-15(16)14(20(4-2)18-13)11-19(10-9-17)12-7-5-6-8-12/h12H,3-8,10-11H2,1-2H3. The Morgan fingerprint density at radius 3 is 2.65 bits per heavy atom. The second-order valence-corrected chi connectivity index (χ2v) is 6.17. The monoisotopic (exact) mass is 338 g/mol. The van der Waals surface area contributed by atoms with Crippen LogP contribution in [0.4, 0.5) is 0 Å². The zero-order chi connectivity index (χ0) is 14.5. The summed E-state index contributed by atoms with van der Waals surface area (Å²) < 4.78 is 3.20. The number of hydrogen-bond donors (Lipinski definition) is 0. The lowest BCUT2D eigenvalue weighted by molar-refractivity contribution is 0.207. The molecule has 0 amide bonds. The fourth-order valence-corrected chi connectivity index (χ4v) is 3.72. The van der Waals surface area contributed by atoms with Gasteiger partial charge in [-0.25, -0.2) is 0 Å². The molecule has 1 heterocycles. The summed E-state index contributed by atoms with van der Waals surface area (Å²) in [6.07, 6.45) is 5.96. The van der Waals surface area contributed by atoms with Crippen molar-refractivity contribution in [1.82, 2.24) is 14.7 Å². The summed E-state index contributed by atoms with van der Waals surface area (Å²) in [5.74, 6) is 0. The van der Waals surface area contributed by atoms with Gasteiger partial charge < -0.3 is 0 Å². The van der Waals surface area contributed by atoms with Crippen LogP contribution < -0.4 is 0 Å². The van der Waals surface area contributed by atoms with Gasteiger partial charge in [0.25, 0.3) is 0 Å². The summed E-state index contributed by atoms with van der Waals surface area (Å²) >= 11 is 3.70. The van der Waals surface area contributed by atoms with Gasteiger partial charge in [-0.05, 0) is 42.1 Å². The van der Waals surface area contributed by atoms with Crippen molar-refractivity contribution in [3.63, 3.8) is 0 Å². The van der Waals surface area contributed by atoms with E-state index in [-0.39, 0.29) is 0 Å². The predicted molar refractivity (Wildman–Crippen MR) is 83.3 cm³/mol. The minimum absolute atomic E-state index is 0.507. The van der Waals surface area contributed by atoms with Crippen molar-refractivity contribution in [1.29, 1.82) is 5.26 Å². The van der Waals surface area contributed by atoms with Crippen LogP contribution in [0, 0.1) is 11.3 Å². The fourth-order valence-electron chi connectivity index (χ4n) is 3.04. The zero-order valence-corrected chi connectivity index (χ0v) is 14.0. The second kappa shape index (κ2) is 7.24. The second-order valence-electron chi connectivity index (χ2n) is 5.38. The number of aryl methyl sites for hydroxylation is 2. The van der Waals surface area contributed by atoms with Crippen LogP contribution in [0.15, 0.2) is 4.47 Å². The molecule has 1 aliphatic carbocycles. The lowest BCUT2D eigenvalue weighted by atomic mass is 10.2. The lowest BCUT2D eigenvalue weighted by Gasteiger charge is -2.26. The Morgan fingerprint density at radius 2 is 2.10 bits per heavy atom. The maximum Gasteiger partial charge on any atom is 0.0871 e. The average molecular weight is 339 g/mol. The van der Waals surface area contributed by atoms with Gasteiger partial charge in [-0.15, -0.1) is 0 Å². The van der Waals surface area contributed by atoms with Crippen LogP contribution in [0.25, 0.3) is 0 Å². The van der Waals surface area contributed by atoms with Gasteiger partial charge in [-0.1, -0.05) is 19.8 Å². The molecule has 2 rings (SSSR count). The molecule has 20 heavy (non-hydrogen) atoms. The van der Waals surface area contributed by atoms with Crippen LogP contribution in [-0.4, -0.2) is 27.3 Å². The Balaban J connectivity index is 2.21. The maximum absolute atomic E-state index is 9.10. The molecule has 1 saturated carbocycles. The normalized spacial score (nSPS) is 15.9. The molecule has 0 N–H and O–H groups in total. The van der Waals surface area contributed by atoms with E-state index in [1.807, 2.05) is 0 Å². The van der Waals surface area contributed by atoms with E-state index in [2.05, 4.69) is 50.5 Å². The van der Waals surface area contributed by atoms with Crippen LogP contribution in [0.5, 0.6) is 0 Å². The summed E-state index contributed by atoms with van der Waals surface area (Å²) in [5.41, 5.74) is 2.33. The molecule has 1 aromatic rings. The number of halogens is 1. The van der Waals surface area contributed by atoms with Gasteiger partial charge in [-0.3, -0.25) is 9.58 Å². The van der Waals surface area contributed by atoms with E-state index >= 15 is 0 Å². The van der Waals surface area contributed by atoms with E-state index in [1.54, 1.807) is 0 Å². The molecule has 0 aliphatic heterocycles. The van der Waals surface area contributed by atoms with Crippen molar-refractivity contribution < 1.29 is 0 Å². The number of nitriles is 1. The van der Waals surface area contributed by atoms with E-state index in [0.717, 1.165) is 29.7 Å². The fraction of sp³-hybridized carbons (Fsp3) is 0.733. The largest absolute Gasteiger partial charge is 0.282 e. The Morgan fingerprint density at radius 1 is 1.40 bits per heavy atom. The molecule has 0 radical (unpaired) electrons. The van der Waals surface area contributed by atoms with Gasteiger partial charge in [0.2, 0.25) is 0 Å².